The molecule has 5 atom stereocenters. The minimum atomic E-state index is -1.61. The van der Waals surface area contributed by atoms with Gasteiger partial charge in [0.25, 0.3) is 5.91 Å². The van der Waals surface area contributed by atoms with E-state index in [0.717, 1.165) is 0 Å². The Hall–Kier alpha value is -1.84. The van der Waals surface area contributed by atoms with Gasteiger partial charge >= 0.3 is 0 Å². The Kier molecular flexibility index (Phi) is 5.22. The lowest BCUT2D eigenvalue weighted by molar-refractivity contribution is -0.252. The van der Waals surface area contributed by atoms with Gasteiger partial charge in [-0.05, 0) is 6.07 Å². The molecule has 1 aliphatic rings. The van der Waals surface area contributed by atoms with Gasteiger partial charge in [0.05, 0.1) is 6.61 Å². The zero-order valence-electron chi connectivity index (χ0n) is 11.5. The second-order valence-corrected chi connectivity index (χ2v) is 4.93. The van der Waals surface area contributed by atoms with E-state index in [1.807, 2.05) is 0 Å². The third-order valence-corrected chi connectivity index (χ3v) is 3.53. The molecule has 0 radical (unpaired) electrons. The normalized spacial score (nSPS) is 31.5. The Morgan fingerprint density at radius 3 is 2.55 bits per heavy atom. The number of benzene rings is 1. The van der Waals surface area contributed by atoms with E-state index in [4.69, 9.17) is 9.84 Å². The molecule has 0 aliphatic carbocycles. The van der Waals surface area contributed by atoms with Crippen molar-refractivity contribution in [3.8, 4) is 0 Å². The fourth-order valence-electron chi connectivity index (χ4n) is 2.29. The van der Waals surface area contributed by atoms with Crippen molar-refractivity contribution < 1.29 is 34.8 Å². The summed E-state index contributed by atoms with van der Waals surface area (Å²) in [5.41, 5.74) is 0.213. The number of rotatable bonds is 4. The number of carbonyl (C=O) groups is 2. The monoisotopic (exact) mass is 311 g/mol. The number of aliphatic hydroxyl groups excluding tert-OH is 4. The molecule has 0 spiro atoms. The summed E-state index contributed by atoms with van der Waals surface area (Å²) in [5, 5.41) is 40.8. The first-order valence-corrected chi connectivity index (χ1v) is 6.65. The fourth-order valence-corrected chi connectivity index (χ4v) is 2.29. The van der Waals surface area contributed by atoms with Crippen LogP contribution in [0.5, 0.6) is 0 Å². The van der Waals surface area contributed by atoms with E-state index < -0.39 is 43.2 Å². The van der Waals surface area contributed by atoms with Crippen molar-refractivity contribution >= 4 is 12.2 Å². The van der Waals surface area contributed by atoms with Crippen LogP contribution in [0.4, 0.5) is 0 Å². The summed E-state index contributed by atoms with van der Waals surface area (Å²) in [7, 11) is 0. The van der Waals surface area contributed by atoms with E-state index in [0.29, 0.717) is 6.29 Å². The number of nitrogens with one attached hydrogen (secondary N) is 1. The van der Waals surface area contributed by atoms with E-state index in [-0.39, 0.29) is 11.1 Å². The molecule has 2 rings (SSSR count). The van der Waals surface area contributed by atoms with Gasteiger partial charge in [0.2, 0.25) is 0 Å². The van der Waals surface area contributed by atoms with Gasteiger partial charge in [-0.25, -0.2) is 0 Å². The Balaban J connectivity index is 2.15. The molecule has 0 aromatic heterocycles. The topological polar surface area (TPSA) is 136 Å². The van der Waals surface area contributed by atoms with Gasteiger partial charge in [-0.2, -0.15) is 0 Å². The van der Waals surface area contributed by atoms with Gasteiger partial charge in [-0.3, -0.25) is 9.59 Å². The number of carbonyl (C=O) groups excluding carboxylic acids is 2. The van der Waals surface area contributed by atoms with Crippen LogP contribution in [0.1, 0.15) is 20.7 Å². The van der Waals surface area contributed by atoms with E-state index in [2.05, 4.69) is 5.32 Å². The van der Waals surface area contributed by atoms with Crippen LogP contribution in [0.25, 0.3) is 0 Å². The third-order valence-electron chi connectivity index (χ3n) is 3.53. The predicted molar refractivity (Wildman–Crippen MR) is 73.1 cm³/mol. The van der Waals surface area contributed by atoms with Crippen LogP contribution in [-0.2, 0) is 4.74 Å². The van der Waals surface area contributed by atoms with Crippen LogP contribution in [0.3, 0.4) is 0 Å². The summed E-state index contributed by atoms with van der Waals surface area (Å²) in [6.45, 7) is -0.593. The van der Waals surface area contributed by atoms with Crippen LogP contribution in [0.15, 0.2) is 24.3 Å². The molecule has 1 aromatic rings. The standard InChI is InChI=1S/C14H17NO7/c16-5-7-3-1-2-4-8(7)13(20)15-10-12(19)11(18)9(6-17)22-14(10)21/h1-5,9-12,14,17-19,21H,6H2,(H,15,20)/t9?,10-,11+,12?,14?/m1/s1. The molecule has 120 valence electrons. The van der Waals surface area contributed by atoms with Gasteiger partial charge in [0.1, 0.15) is 24.4 Å². The summed E-state index contributed by atoms with van der Waals surface area (Å²) < 4.78 is 4.94. The maximum atomic E-state index is 12.2. The average Bonchev–Trinajstić information content (AvgIpc) is 2.54. The van der Waals surface area contributed by atoms with Gasteiger partial charge < -0.3 is 30.5 Å². The van der Waals surface area contributed by atoms with Crippen LogP contribution < -0.4 is 5.32 Å². The second kappa shape index (κ2) is 6.95. The maximum absolute atomic E-state index is 12.2. The first kappa shape index (κ1) is 16.5. The lowest BCUT2D eigenvalue weighted by Crippen LogP contribution is -2.64. The van der Waals surface area contributed by atoms with Crippen LogP contribution in [-0.4, -0.2) is 69.9 Å². The van der Waals surface area contributed by atoms with Crippen LogP contribution >= 0.6 is 0 Å². The van der Waals surface area contributed by atoms with E-state index in [1.54, 1.807) is 12.1 Å². The molecule has 8 nitrogen and oxygen atoms in total. The predicted octanol–water partition coefficient (Wildman–Crippen LogP) is -1.97. The molecule has 0 bridgehead atoms. The van der Waals surface area contributed by atoms with Crippen molar-refractivity contribution in [3.05, 3.63) is 35.4 Å². The second-order valence-electron chi connectivity index (χ2n) is 4.93. The highest BCUT2D eigenvalue weighted by molar-refractivity contribution is 6.01. The summed E-state index contributed by atoms with van der Waals surface area (Å²) in [6.07, 6.45) is -5.26. The van der Waals surface area contributed by atoms with Crippen molar-refractivity contribution in [2.45, 2.75) is 30.6 Å². The van der Waals surface area contributed by atoms with Crippen molar-refractivity contribution in [2.24, 2.45) is 0 Å². The highest BCUT2D eigenvalue weighted by atomic mass is 16.6. The zero-order valence-corrected chi connectivity index (χ0v) is 11.5. The Bertz CT molecular complexity index is 550. The number of aliphatic hydroxyl groups is 4. The molecule has 1 saturated heterocycles. The first-order valence-electron chi connectivity index (χ1n) is 6.65. The summed E-state index contributed by atoms with van der Waals surface area (Å²) in [5.74, 6) is -0.705. The quantitative estimate of drug-likeness (QED) is 0.407. The van der Waals surface area contributed by atoms with Gasteiger partial charge in [-0.15, -0.1) is 0 Å². The molecule has 0 saturated carbocycles. The molecule has 8 heteroatoms. The van der Waals surface area contributed by atoms with Gasteiger partial charge in [-0.1, -0.05) is 18.2 Å². The molecule has 22 heavy (non-hydrogen) atoms. The lowest BCUT2D eigenvalue weighted by atomic mass is 9.96. The number of hydrogen-bond donors (Lipinski definition) is 5. The number of aldehydes is 1. The Morgan fingerprint density at radius 2 is 1.91 bits per heavy atom. The Labute approximate surface area is 126 Å². The van der Waals surface area contributed by atoms with Crippen LogP contribution in [0, 0.1) is 0 Å². The molecular formula is C14H17NO7. The Morgan fingerprint density at radius 1 is 1.23 bits per heavy atom. The van der Waals surface area contributed by atoms with Crippen molar-refractivity contribution in [1.29, 1.82) is 0 Å². The highest BCUT2D eigenvalue weighted by Crippen LogP contribution is 2.20. The largest absolute Gasteiger partial charge is 0.394 e. The van der Waals surface area contributed by atoms with Crippen molar-refractivity contribution in [2.75, 3.05) is 6.61 Å². The maximum Gasteiger partial charge on any atom is 0.252 e. The molecule has 1 aliphatic heterocycles. The number of ether oxygens (including phenoxy) is 1. The molecule has 1 heterocycles. The lowest BCUT2D eigenvalue weighted by Gasteiger charge is -2.40. The fraction of sp³-hybridized carbons (Fsp3) is 0.429. The first-order chi connectivity index (χ1) is 10.5. The molecule has 1 fully saturated rings. The van der Waals surface area contributed by atoms with E-state index in [9.17, 15) is 24.9 Å². The molecule has 5 N–H and O–H groups in total. The van der Waals surface area contributed by atoms with Crippen LogP contribution in [0.2, 0.25) is 0 Å². The molecule has 3 unspecified atom stereocenters. The van der Waals surface area contributed by atoms with Crippen molar-refractivity contribution in [3.63, 3.8) is 0 Å². The zero-order chi connectivity index (χ0) is 16.3. The van der Waals surface area contributed by atoms with Gasteiger partial charge in [0.15, 0.2) is 12.6 Å². The smallest absolute Gasteiger partial charge is 0.252 e. The minimum absolute atomic E-state index is 0.0654. The minimum Gasteiger partial charge on any atom is -0.394 e. The average molecular weight is 311 g/mol. The van der Waals surface area contributed by atoms with E-state index >= 15 is 0 Å². The summed E-state index contributed by atoms with van der Waals surface area (Å²) in [6, 6.07) is 4.70. The van der Waals surface area contributed by atoms with E-state index in [1.165, 1.54) is 12.1 Å². The summed E-state index contributed by atoms with van der Waals surface area (Å²) in [4.78, 5) is 23.1. The molecule has 1 aromatic carbocycles. The number of hydrogen-bond acceptors (Lipinski definition) is 7. The SMILES string of the molecule is O=Cc1ccccc1C(=O)N[C@H]1C(O)OC(CO)[C@H](O)C1O. The molecular weight excluding hydrogens is 294 g/mol. The van der Waals surface area contributed by atoms with Gasteiger partial charge in [0, 0.05) is 11.1 Å². The third kappa shape index (κ3) is 3.16. The molecule has 1 amide bonds. The number of amides is 1. The summed E-state index contributed by atoms with van der Waals surface area (Å²) >= 11 is 0. The highest BCUT2D eigenvalue weighted by Gasteiger charge is 2.44. The van der Waals surface area contributed by atoms with Crippen molar-refractivity contribution in [1.82, 2.24) is 5.32 Å².